The molecule has 1 heterocycles. The van der Waals surface area contributed by atoms with E-state index in [2.05, 4.69) is 48.6 Å². The van der Waals surface area contributed by atoms with Crippen LogP contribution < -0.4 is 0 Å². The van der Waals surface area contributed by atoms with E-state index in [0.29, 0.717) is 2.75 Å². The Kier molecular flexibility index (Phi) is 1.92. The highest BCUT2D eigenvalue weighted by molar-refractivity contribution is 14.1. The first kappa shape index (κ1) is 6.93. The zero-order chi connectivity index (χ0) is 6.20. The molecule has 0 aromatic heterocycles. The standard InChI is InChI=1S/C6H9IS/c1-5-3-4-6(2,7)8-5/h3-5H,1-2H3. The second-order valence-electron chi connectivity index (χ2n) is 2.17. The maximum absolute atomic E-state index is 2.46. The topological polar surface area (TPSA) is 0 Å². The van der Waals surface area contributed by atoms with E-state index in [1.165, 1.54) is 0 Å². The van der Waals surface area contributed by atoms with Crippen LogP contribution in [0, 0.1) is 0 Å². The van der Waals surface area contributed by atoms with Crippen molar-refractivity contribution in [2.24, 2.45) is 0 Å². The van der Waals surface area contributed by atoms with Crippen LogP contribution in [0.2, 0.25) is 0 Å². The van der Waals surface area contributed by atoms with Crippen LogP contribution in [0.3, 0.4) is 0 Å². The summed E-state index contributed by atoms with van der Waals surface area (Å²) in [6.45, 7) is 4.46. The quantitative estimate of drug-likeness (QED) is 0.356. The monoisotopic (exact) mass is 240 g/mol. The van der Waals surface area contributed by atoms with Crippen LogP contribution in [0.15, 0.2) is 12.2 Å². The van der Waals surface area contributed by atoms with Crippen LogP contribution in [0.4, 0.5) is 0 Å². The Balaban J connectivity index is 2.58. The Morgan fingerprint density at radius 3 is 2.50 bits per heavy atom. The van der Waals surface area contributed by atoms with Crippen LogP contribution in [0.1, 0.15) is 13.8 Å². The van der Waals surface area contributed by atoms with E-state index in [9.17, 15) is 0 Å². The lowest BCUT2D eigenvalue weighted by molar-refractivity contribution is 1.23. The zero-order valence-corrected chi connectivity index (χ0v) is 7.99. The van der Waals surface area contributed by atoms with Crippen molar-refractivity contribution in [2.45, 2.75) is 21.9 Å². The number of thioether (sulfide) groups is 1. The van der Waals surface area contributed by atoms with E-state index in [-0.39, 0.29) is 0 Å². The Bertz CT molecular complexity index is 118. The van der Waals surface area contributed by atoms with Crippen molar-refractivity contribution in [2.75, 3.05) is 0 Å². The summed E-state index contributed by atoms with van der Waals surface area (Å²) in [6, 6.07) is 0. The van der Waals surface area contributed by atoms with E-state index in [4.69, 9.17) is 0 Å². The molecule has 2 atom stereocenters. The van der Waals surface area contributed by atoms with Gasteiger partial charge in [-0.15, -0.1) is 11.8 Å². The molecule has 0 fully saturated rings. The fraction of sp³-hybridized carbons (Fsp3) is 0.667. The SMILES string of the molecule is CC1C=CC(C)(I)S1. The first-order valence-corrected chi connectivity index (χ1v) is 4.62. The molecule has 1 aliphatic heterocycles. The summed E-state index contributed by atoms with van der Waals surface area (Å²) in [5.74, 6) is 0. The van der Waals surface area contributed by atoms with Gasteiger partial charge in [0.05, 0.1) is 2.75 Å². The Hall–Kier alpha value is 0.820. The first-order chi connectivity index (χ1) is 3.60. The summed E-state index contributed by atoms with van der Waals surface area (Å²) < 4.78 is 0.372. The van der Waals surface area contributed by atoms with E-state index in [0.717, 1.165) is 5.25 Å². The second kappa shape index (κ2) is 2.21. The number of alkyl halides is 1. The third kappa shape index (κ3) is 1.65. The van der Waals surface area contributed by atoms with E-state index in [1.54, 1.807) is 0 Å². The van der Waals surface area contributed by atoms with Crippen LogP contribution in [-0.2, 0) is 0 Å². The van der Waals surface area contributed by atoms with E-state index >= 15 is 0 Å². The molecule has 0 nitrogen and oxygen atoms in total. The third-order valence-electron chi connectivity index (χ3n) is 1.08. The Morgan fingerprint density at radius 2 is 2.38 bits per heavy atom. The number of hydrogen-bond acceptors (Lipinski definition) is 1. The lowest BCUT2D eigenvalue weighted by Crippen LogP contribution is -2.01. The largest absolute Gasteiger partial charge is 0.133 e. The van der Waals surface area contributed by atoms with Crippen molar-refractivity contribution in [1.82, 2.24) is 0 Å². The molecule has 8 heavy (non-hydrogen) atoms. The van der Waals surface area contributed by atoms with Crippen molar-refractivity contribution in [3.05, 3.63) is 12.2 Å². The molecule has 0 bridgehead atoms. The maximum Gasteiger partial charge on any atom is 0.0830 e. The van der Waals surface area contributed by atoms with Crippen molar-refractivity contribution < 1.29 is 0 Å². The normalized spacial score (nSPS) is 45.6. The van der Waals surface area contributed by atoms with Gasteiger partial charge in [0, 0.05) is 5.25 Å². The molecule has 1 aliphatic rings. The third-order valence-corrected chi connectivity index (χ3v) is 3.33. The highest BCUT2D eigenvalue weighted by Gasteiger charge is 2.24. The number of rotatable bonds is 0. The Morgan fingerprint density at radius 1 is 1.75 bits per heavy atom. The maximum atomic E-state index is 2.46. The van der Waals surface area contributed by atoms with Gasteiger partial charge in [0.25, 0.3) is 0 Å². The summed E-state index contributed by atoms with van der Waals surface area (Å²) >= 11 is 4.46. The van der Waals surface area contributed by atoms with Crippen LogP contribution in [0.5, 0.6) is 0 Å². The molecule has 0 saturated heterocycles. The molecule has 1 rings (SSSR count). The minimum absolute atomic E-state index is 0.372. The zero-order valence-electron chi connectivity index (χ0n) is 5.02. The van der Waals surface area contributed by atoms with Crippen molar-refractivity contribution >= 4 is 34.4 Å². The molecule has 0 amide bonds. The van der Waals surface area contributed by atoms with Crippen molar-refractivity contribution in [3.63, 3.8) is 0 Å². The smallest absolute Gasteiger partial charge is 0.0830 e. The first-order valence-electron chi connectivity index (χ1n) is 2.66. The highest BCUT2D eigenvalue weighted by Crippen LogP contribution is 2.42. The average molecular weight is 240 g/mol. The van der Waals surface area contributed by atoms with Gasteiger partial charge in [0.2, 0.25) is 0 Å². The van der Waals surface area contributed by atoms with Crippen LogP contribution >= 0.6 is 34.4 Å². The summed E-state index contributed by atoms with van der Waals surface area (Å²) in [4.78, 5) is 0. The molecule has 0 spiro atoms. The van der Waals surface area contributed by atoms with Crippen LogP contribution in [-0.4, -0.2) is 8.00 Å². The minimum atomic E-state index is 0.372. The summed E-state index contributed by atoms with van der Waals surface area (Å²) in [7, 11) is 0. The predicted molar refractivity (Wildman–Crippen MR) is 48.6 cm³/mol. The molecule has 0 aliphatic carbocycles. The molecule has 0 N–H and O–H groups in total. The summed E-state index contributed by atoms with van der Waals surface area (Å²) in [6.07, 6.45) is 4.53. The van der Waals surface area contributed by atoms with Gasteiger partial charge in [0.15, 0.2) is 0 Å². The fourth-order valence-corrected chi connectivity index (χ4v) is 3.20. The van der Waals surface area contributed by atoms with E-state index < -0.39 is 0 Å². The predicted octanol–water partition coefficient (Wildman–Crippen LogP) is 2.83. The molecule has 2 unspecified atom stereocenters. The fourth-order valence-electron chi connectivity index (χ4n) is 0.749. The number of halogens is 1. The lowest BCUT2D eigenvalue weighted by Gasteiger charge is -2.11. The Labute approximate surface area is 68.3 Å². The molecule has 46 valence electrons. The second-order valence-corrected chi connectivity index (χ2v) is 6.97. The molecular formula is C6H9IS. The minimum Gasteiger partial charge on any atom is -0.133 e. The van der Waals surface area contributed by atoms with Gasteiger partial charge in [-0.25, -0.2) is 0 Å². The van der Waals surface area contributed by atoms with Crippen LogP contribution in [0.25, 0.3) is 0 Å². The highest BCUT2D eigenvalue weighted by atomic mass is 127. The van der Waals surface area contributed by atoms with Gasteiger partial charge in [-0.05, 0) is 13.8 Å². The van der Waals surface area contributed by atoms with Crippen molar-refractivity contribution in [3.8, 4) is 0 Å². The molecule has 0 saturated carbocycles. The van der Waals surface area contributed by atoms with Gasteiger partial charge < -0.3 is 0 Å². The average Bonchev–Trinajstić information content (AvgIpc) is 1.82. The molecule has 0 aromatic rings. The summed E-state index contributed by atoms with van der Waals surface area (Å²) in [5.41, 5.74) is 0. The molecular weight excluding hydrogens is 231 g/mol. The van der Waals surface area contributed by atoms with Gasteiger partial charge in [0.1, 0.15) is 0 Å². The van der Waals surface area contributed by atoms with Crippen molar-refractivity contribution in [1.29, 1.82) is 0 Å². The van der Waals surface area contributed by atoms with Gasteiger partial charge >= 0.3 is 0 Å². The summed E-state index contributed by atoms with van der Waals surface area (Å²) in [5, 5.41) is 0.719. The molecule has 0 radical (unpaired) electrons. The van der Waals surface area contributed by atoms with Gasteiger partial charge in [-0.1, -0.05) is 34.7 Å². The lowest BCUT2D eigenvalue weighted by atomic mass is 10.4. The number of hydrogen-bond donors (Lipinski definition) is 0. The van der Waals surface area contributed by atoms with Gasteiger partial charge in [-0.2, -0.15) is 0 Å². The molecule has 2 heteroatoms. The molecule has 0 aromatic carbocycles. The van der Waals surface area contributed by atoms with Gasteiger partial charge in [-0.3, -0.25) is 0 Å². The van der Waals surface area contributed by atoms with E-state index in [1.807, 2.05) is 11.8 Å².